The first-order chi connectivity index (χ1) is 14.0. The third-order valence-electron chi connectivity index (χ3n) is 5.11. The molecule has 3 aromatic rings. The molecule has 0 unspecified atom stereocenters. The van der Waals surface area contributed by atoms with Crippen LogP contribution in [0, 0.1) is 6.92 Å². The van der Waals surface area contributed by atoms with Crippen LogP contribution in [0.3, 0.4) is 0 Å². The summed E-state index contributed by atoms with van der Waals surface area (Å²) in [4.78, 5) is 27.2. The number of nitrogens with zero attached hydrogens (tertiary/aromatic N) is 5. The fourth-order valence-corrected chi connectivity index (χ4v) is 3.48. The number of aryl methyl sites for hydroxylation is 2. The summed E-state index contributed by atoms with van der Waals surface area (Å²) in [6.45, 7) is 6.56. The molecule has 150 valence electrons. The van der Waals surface area contributed by atoms with Crippen LogP contribution in [0.1, 0.15) is 44.7 Å². The minimum Gasteiger partial charge on any atom is -0.347 e. The Hall–Kier alpha value is -3.42. The first-order valence-corrected chi connectivity index (χ1v) is 9.77. The molecule has 8 heteroatoms. The van der Waals surface area contributed by atoms with Gasteiger partial charge in [-0.25, -0.2) is 0 Å². The SMILES string of the molecule is CCn1cc(C(=O)N2CCn3nc(C(=O)NCc4ccccc4)cc3C2)c(C)n1. The summed E-state index contributed by atoms with van der Waals surface area (Å²) in [5, 5.41) is 11.7. The van der Waals surface area contributed by atoms with Crippen molar-refractivity contribution >= 4 is 11.8 Å². The number of benzene rings is 1. The molecule has 0 saturated carbocycles. The first-order valence-electron chi connectivity index (χ1n) is 9.77. The van der Waals surface area contributed by atoms with Crippen LogP contribution < -0.4 is 5.32 Å². The molecule has 2 aromatic heterocycles. The summed E-state index contributed by atoms with van der Waals surface area (Å²) in [6.07, 6.45) is 1.80. The smallest absolute Gasteiger partial charge is 0.272 e. The van der Waals surface area contributed by atoms with E-state index < -0.39 is 0 Å². The zero-order valence-corrected chi connectivity index (χ0v) is 16.6. The van der Waals surface area contributed by atoms with E-state index in [4.69, 9.17) is 0 Å². The summed E-state index contributed by atoms with van der Waals surface area (Å²) in [7, 11) is 0. The second-order valence-corrected chi connectivity index (χ2v) is 7.12. The summed E-state index contributed by atoms with van der Waals surface area (Å²) < 4.78 is 3.58. The van der Waals surface area contributed by atoms with Gasteiger partial charge in [0.25, 0.3) is 11.8 Å². The zero-order valence-electron chi connectivity index (χ0n) is 16.6. The highest BCUT2D eigenvalue weighted by atomic mass is 16.2. The third-order valence-corrected chi connectivity index (χ3v) is 5.11. The van der Waals surface area contributed by atoms with Crippen molar-refractivity contribution in [3.05, 3.63) is 70.8 Å². The van der Waals surface area contributed by atoms with Crippen LogP contribution in [0.25, 0.3) is 0 Å². The van der Waals surface area contributed by atoms with Gasteiger partial charge in [-0.3, -0.25) is 19.0 Å². The van der Waals surface area contributed by atoms with Crippen molar-refractivity contribution in [1.29, 1.82) is 0 Å². The quantitative estimate of drug-likeness (QED) is 0.720. The highest BCUT2D eigenvalue weighted by molar-refractivity contribution is 5.95. The van der Waals surface area contributed by atoms with Gasteiger partial charge in [0.2, 0.25) is 0 Å². The van der Waals surface area contributed by atoms with Gasteiger partial charge in [-0.15, -0.1) is 0 Å². The molecule has 0 aliphatic carbocycles. The molecule has 0 radical (unpaired) electrons. The maximum atomic E-state index is 12.9. The van der Waals surface area contributed by atoms with Gasteiger partial charge in [0.05, 0.1) is 30.0 Å². The van der Waals surface area contributed by atoms with Crippen molar-refractivity contribution < 1.29 is 9.59 Å². The molecule has 0 saturated heterocycles. The lowest BCUT2D eigenvalue weighted by Crippen LogP contribution is -2.38. The van der Waals surface area contributed by atoms with E-state index in [1.165, 1.54) is 0 Å². The van der Waals surface area contributed by atoms with Crippen molar-refractivity contribution in [1.82, 2.24) is 29.8 Å². The molecule has 1 aliphatic rings. The van der Waals surface area contributed by atoms with E-state index in [-0.39, 0.29) is 11.8 Å². The van der Waals surface area contributed by atoms with Gasteiger partial charge in [0.15, 0.2) is 5.69 Å². The van der Waals surface area contributed by atoms with Crippen molar-refractivity contribution in [2.75, 3.05) is 6.54 Å². The summed E-state index contributed by atoms with van der Waals surface area (Å²) in [6, 6.07) is 11.5. The van der Waals surface area contributed by atoms with E-state index in [1.54, 1.807) is 21.8 Å². The molecular weight excluding hydrogens is 368 g/mol. The second kappa shape index (κ2) is 7.90. The van der Waals surface area contributed by atoms with Gasteiger partial charge in [-0.1, -0.05) is 30.3 Å². The van der Waals surface area contributed by atoms with Gasteiger partial charge < -0.3 is 10.2 Å². The van der Waals surface area contributed by atoms with E-state index in [2.05, 4.69) is 15.5 Å². The second-order valence-electron chi connectivity index (χ2n) is 7.12. The number of carbonyl (C=O) groups is 2. The van der Waals surface area contributed by atoms with Crippen LogP contribution in [0.4, 0.5) is 0 Å². The molecule has 1 aromatic carbocycles. The topological polar surface area (TPSA) is 85.0 Å². The van der Waals surface area contributed by atoms with Crippen LogP contribution in [-0.2, 0) is 26.2 Å². The van der Waals surface area contributed by atoms with E-state index in [0.29, 0.717) is 37.4 Å². The molecule has 1 aliphatic heterocycles. The Morgan fingerprint density at radius 2 is 1.93 bits per heavy atom. The van der Waals surface area contributed by atoms with Gasteiger partial charge >= 0.3 is 0 Å². The van der Waals surface area contributed by atoms with Crippen LogP contribution in [-0.4, -0.2) is 42.8 Å². The Balaban J connectivity index is 1.43. The third kappa shape index (κ3) is 3.91. The van der Waals surface area contributed by atoms with E-state index in [1.807, 2.05) is 48.9 Å². The Morgan fingerprint density at radius 3 is 2.66 bits per heavy atom. The van der Waals surface area contributed by atoms with Gasteiger partial charge in [-0.05, 0) is 25.5 Å². The van der Waals surface area contributed by atoms with Crippen LogP contribution >= 0.6 is 0 Å². The van der Waals surface area contributed by atoms with Crippen molar-refractivity contribution in [3.8, 4) is 0 Å². The van der Waals surface area contributed by atoms with Gasteiger partial charge in [-0.2, -0.15) is 10.2 Å². The highest BCUT2D eigenvalue weighted by Gasteiger charge is 2.26. The Morgan fingerprint density at radius 1 is 1.14 bits per heavy atom. The fourth-order valence-electron chi connectivity index (χ4n) is 3.48. The lowest BCUT2D eigenvalue weighted by Gasteiger charge is -2.27. The lowest BCUT2D eigenvalue weighted by atomic mass is 10.2. The number of fused-ring (bicyclic) bond motifs is 1. The minimum absolute atomic E-state index is 0.0373. The van der Waals surface area contributed by atoms with E-state index in [9.17, 15) is 9.59 Å². The van der Waals surface area contributed by atoms with Crippen LogP contribution in [0.15, 0.2) is 42.6 Å². The molecular formula is C21H24N6O2. The number of carbonyl (C=O) groups excluding carboxylic acids is 2. The monoisotopic (exact) mass is 392 g/mol. The normalized spacial score (nSPS) is 13.2. The average Bonchev–Trinajstić information content (AvgIpc) is 3.35. The van der Waals surface area contributed by atoms with Gasteiger partial charge in [0.1, 0.15) is 0 Å². The highest BCUT2D eigenvalue weighted by Crippen LogP contribution is 2.18. The fraction of sp³-hybridized carbons (Fsp3) is 0.333. The maximum absolute atomic E-state index is 12.9. The predicted molar refractivity (Wildman–Crippen MR) is 107 cm³/mol. The Bertz CT molecular complexity index is 1040. The molecule has 0 fully saturated rings. The molecule has 0 atom stereocenters. The largest absolute Gasteiger partial charge is 0.347 e. The number of aromatic nitrogens is 4. The van der Waals surface area contributed by atoms with E-state index in [0.717, 1.165) is 23.5 Å². The standard InChI is InChI=1S/C21H24N6O2/c1-3-26-14-18(15(2)23-26)21(29)25-9-10-27-17(13-25)11-19(24-27)20(28)22-12-16-7-5-4-6-8-16/h4-8,11,14H,3,9-10,12-13H2,1-2H3,(H,22,28). The molecule has 2 amide bonds. The molecule has 0 spiro atoms. The zero-order chi connectivity index (χ0) is 20.4. The Labute approximate surface area is 169 Å². The number of hydrogen-bond acceptors (Lipinski definition) is 4. The summed E-state index contributed by atoms with van der Waals surface area (Å²) >= 11 is 0. The summed E-state index contributed by atoms with van der Waals surface area (Å²) in [5.74, 6) is -0.251. The van der Waals surface area contributed by atoms with Crippen LogP contribution in [0.5, 0.6) is 0 Å². The number of rotatable bonds is 5. The number of amides is 2. The van der Waals surface area contributed by atoms with Crippen molar-refractivity contribution in [2.45, 2.75) is 40.0 Å². The molecule has 3 heterocycles. The lowest BCUT2D eigenvalue weighted by molar-refractivity contribution is 0.0704. The van der Waals surface area contributed by atoms with Crippen molar-refractivity contribution in [3.63, 3.8) is 0 Å². The maximum Gasteiger partial charge on any atom is 0.272 e. The van der Waals surface area contributed by atoms with Gasteiger partial charge in [0, 0.05) is 25.8 Å². The van der Waals surface area contributed by atoms with Crippen molar-refractivity contribution in [2.24, 2.45) is 0 Å². The van der Waals surface area contributed by atoms with E-state index >= 15 is 0 Å². The summed E-state index contributed by atoms with van der Waals surface area (Å²) in [5.41, 5.74) is 3.62. The average molecular weight is 392 g/mol. The Kier molecular flexibility index (Phi) is 5.16. The van der Waals surface area contributed by atoms with Crippen LogP contribution in [0.2, 0.25) is 0 Å². The number of hydrogen-bond donors (Lipinski definition) is 1. The molecule has 8 nitrogen and oxygen atoms in total. The molecule has 0 bridgehead atoms. The molecule has 4 rings (SSSR count). The minimum atomic E-state index is -0.214. The first kappa shape index (κ1) is 18.9. The number of nitrogens with one attached hydrogen (secondary N) is 1. The predicted octanol–water partition coefficient (Wildman–Crippen LogP) is 1.99. The molecule has 1 N–H and O–H groups in total. The molecule has 29 heavy (non-hydrogen) atoms.